The van der Waals surface area contributed by atoms with Gasteiger partial charge in [0.25, 0.3) is 11.1 Å². The van der Waals surface area contributed by atoms with Crippen LogP contribution in [0, 0.1) is 5.82 Å². The highest BCUT2D eigenvalue weighted by atomic mass is 32.2. The molecule has 0 aliphatic carbocycles. The second-order valence-corrected chi connectivity index (χ2v) is 6.88. The summed E-state index contributed by atoms with van der Waals surface area (Å²) in [4.78, 5) is 37.6. The summed E-state index contributed by atoms with van der Waals surface area (Å²) in [6.45, 7) is 1.64. The smallest absolute Gasteiger partial charge is 0.294 e. The van der Waals surface area contributed by atoms with Gasteiger partial charge in [0.1, 0.15) is 12.4 Å². The molecule has 0 atom stereocenters. The molecular weight excluding hydrogens is 367 g/mol. The number of nitrogens with zero attached hydrogens (tertiary/aromatic N) is 1. The van der Waals surface area contributed by atoms with Gasteiger partial charge in [-0.1, -0.05) is 37.3 Å². The Morgan fingerprint density at radius 1 is 1.15 bits per heavy atom. The summed E-state index contributed by atoms with van der Waals surface area (Å²) in [6, 6.07) is 13.3. The van der Waals surface area contributed by atoms with Gasteiger partial charge in [0.05, 0.1) is 4.91 Å². The third-order valence-corrected chi connectivity index (χ3v) is 4.92. The van der Waals surface area contributed by atoms with Gasteiger partial charge in [-0.05, 0) is 48.0 Å². The Morgan fingerprint density at radius 3 is 2.52 bits per heavy atom. The van der Waals surface area contributed by atoms with Crippen molar-refractivity contribution >= 4 is 40.6 Å². The van der Waals surface area contributed by atoms with Crippen molar-refractivity contribution in [3.63, 3.8) is 0 Å². The number of hydrogen-bond acceptors (Lipinski definition) is 4. The zero-order valence-electron chi connectivity index (χ0n) is 14.6. The number of benzene rings is 2. The number of carbonyl (C=O) groups excluding carboxylic acids is 3. The molecule has 0 unspecified atom stereocenters. The maximum Gasteiger partial charge on any atom is 0.294 e. The Morgan fingerprint density at radius 2 is 1.85 bits per heavy atom. The Bertz CT molecular complexity index is 925. The van der Waals surface area contributed by atoms with Gasteiger partial charge in [0.15, 0.2) is 0 Å². The van der Waals surface area contributed by atoms with Gasteiger partial charge in [-0.15, -0.1) is 0 Å². The lowest BCUT2D eigenvalue weighted by Crippen LogP contribution is -2.36. The lowest BCUT2D eigenvalue weighted by Gasteiger charge is -2.12. The average Bonchev–Trinajstić information content (AvgIpc) is 2.91. The van der Waals surface area contributed by atoms with Crippen molar-refractivity contribution in [3.05, 3.63) is 70.4 Å². The van der Waals surface area contributed by atoms with Crippen LogP contribution in [0.1, 0.15) is 18.1 Å². The van der Waals surface area contributed by atoms with Crippen LogP contribution >= 0.6 is 11.8 Å². The number of halogens is 1. The molecule has 2 aromatic rings. The summed E-state index contributed by atoms with van der Waals surface area (Å²) in [5.74, 6) is -1.57. The number of aryl methyl sites for hydroxylation is 1. The summed E-state index contributed by atoms with van der Waals surface area (Å²) in [6.07, 6.45) is 2.21. The molecule has 3 amide bonds. The van der Waals surface area contributed by atoms with Crippen molar-refractivity contribution < 1.29 is 18.8 Å². The second kappa shape index (κ2) is 8.18. The third kappa shape index (κ3) is 4.43. The van der Waals surface area contributed by atoms with E-state index in [0.717, 1.165) is 16.9 Å². The zero-order chi connectivity index (χ0) is 19.4. The van der Waals surface area contributed by atoms with Crippen molar-refractivity contribution in [2.45, 2.75) is 13.3 Å². The first-order valence-electron chi connectivity index (χ1n) is 8.36. The molecule has 1 N–H and O–H groups in total. The molecule has 0 saturated carbocycles. The van der Waals surface area contributed by atoms with E-state index < -0.39 is 29.4 Å². The van der Waals surface area contributed by atoms with E-state index >= 15 is 0 Å². The number of thioether (sulfide) groups is 1. The van der Waals surface area contributed by atoms with Gasteiger partial charge in [0, 0.05) is 11.3 Å². The number of hydrogen-bond donors (Lipinski definition) is 1. The molecule has 0 aromatic heterocycles. The van der Waals surface area contributed by atoms with Crippen LogP contribution in [0.5, 0.6) is 0 Å². The first kappa shape index (κ1) is 18.8. The largest absolute Gasteiger partial charge is 0.325 e. The first-order chi connectivity index (χ1) is 13.0. The zero-order valence-corrected chi connectivity index (χ0v) is 15.4. The number of amides is 3. The number of carbonyl (C=O) groups is 3. The van der Waals surface area contributed by atoms with Crippen LogP contribution in [0.4, 0.5) is 14.9 Å². The fourth-order valence-corrected chi connectivity index (χ4v) is 3.37. The van der Waals surface area contributed by atoms with Gasteiger partial charge >= 0.3 is 0 Å². The fourth-order valence-electron chi connectivity index (χ4n) is 2.54. The van der Waals surface area contributed by atoms with E-state index in [1.165, 1.54) is 24.3 Å². The summed E-state index contributed by atoms with van der Waals surface area (Å²) in [5, 5.41) is 2.10. The summed E-state index contributed by atoms with van der Waals surface area (Å²) in [7, 11) is 0. The Labute approximate surface area is 160 Å². The van der Waals surface area contributed by atoms with Crippen LogP contribution in [0.15, 0.2) is 53.4 Å². The summed E-state index contributed by atoms with van der Waals surface area (Å²) < 4.78 is 13.7. The van der Waals surface area contributed by atoms with Crippen LogP contribution in [-0.4, -0.2) is 28.5 Å². The minimum absolute atomic E-state index is 0.0881. The molecule has 138 valence electrons. The Balaban J connectivity index is 1.68. The van der Waals surface area contributed by atoms with Crippen LogP contribution < -0.4 is 5.32 Å². The van der Waals surface area contributed by atoms with Crippen molar-refractivity contribution in [2.75, 3.05) is 11.9 Å². The number of nitrogens with one attached hydrogen (secondary N) is 1. The van der Waals surface area contributed by atoms with E-state index in [9.17, 15) is 18.8 Å². The van der Waals surface area contributed by atoms with Gasteiger partial charge in [-0.2, -0.15) is 0 Å². The Kier molecular flexibility index (Phi) is 5.71. The maximum absolute atomic E-state index is 13.7. The summed E-state index contributed by atoms with van der Waals surface area (Å²) in [5.41, 5.74) is 1.94. The van der Waals surface area contributed by atoms with Gasteiger partial charge in [-0.3, -0.25) is 19.3 Å². The topological polar surface area (TPSA) is 66.5 Å². The van der Waals surface area contributed by atoms with Crippen molar-refractivity contribution in [3.8, 4) is 0 Å². The van der Waals surface area contributed by atoms with E-state index in [4.69, 9.17) is 0 Å². The molecule has 1 saturated heterocycles. The van der Waals surface area contributed by atoms with Crippen molar-refractivity contribution in [1.29, 1.82) is 0 Å². The van der Waals surface area contributed by atoms with Gasteiger partial charge in [0.2, 0.25) is 5.91 Å². The molecule has 1 fully saturated rings. The van der Waals surface area contributed by atoms with Gasteiger partial charge < -0.3 is 5.32 Å². The van der Waals surface area contributed by atoms with Crippen molar-refractivity contribution in [1.82, 2.24) is 4.90 Å². The molecule has 0 radical (unpaired) electrons. The molecule has 1 aliphatic heterocycles. The predicted molar refractivity (Wildman–Crippen MR) is 104 cm³/mol. The van der Waals surface area contributed by atoms with E-state index in [2.05, 4.69) is 5.32 Å². The molecule has 3 rings (SSSR count). The molecule has 2 aromatic carbocycles. The molecule has 1 aliphatic rings. The van der Waals surface area contributed by atoms with E-state index in [1.54, 1.807) is 18.2 Å². The molecule has 1 heterocycles. The standard InChI is InChI=1S/C20H17FN2O3S/c1-2-13-7-9-15(10-8-13)22-18(24)12-23-19(25)17(27-20(23)26)11-14-5-3-4-6-16(14)21/h3-11H,2,12H2,1H3,(H,22,24)/b17-11+. The second-order valence-electron chi connectivity index (χ2n) is 5.89. The van der Waals surface area contributed by atoms with Crippen LogP contribution in [0.3, 0.4) is 0 Å². The first-order valence-corrected chi connectivity index (χ1v) is 9.18. The SMILES string of the molecule is CCc1ccc(NC(=O)CN2C(=O)S/C(=C/c3ccccc3F)C2=O)cc1. The molecule has 7 heteroatoms. The number of imide groups is 1. The molecular formula is C20H17FN2O3S. The van der Waals surface area contributed by atoms with E-state index in [-0.39, 0.29) is 10.5 Å². The summed E-state index contributed by atoms with van der Waals surface area (Å²) >= 11 is 0.690. The highest BCUT2D eigenvalue weighted by Crippen LogP contribution is 2.32. The van der Waals surface area contributed by atoms with E-state index in [0.29, 0.717) is 17.4 Å². The highest BCUT2D eigenvalue weighted by molar-refractivity contribution is 8.18. The predicted octanol–water partition coefficient (Wildman–Crippen LogP) is 4.06. The lowest BCUT2D eigenvalue weighted by molar-refractivity contribution is -0.127. The molecule has 0 spiro atoms. The molecule has 5 nitrogen and oxygen atoms in total. The molecule has 0 bridgehead atoms. The quantitative estimate of drug-likeness (QED) is 0.790. The van der Waals surface area contributed by atoms with Crippen LogP contribution in [0.2, 0.25) is 0 Å². The minimum atomic E-state index is -0.607. The van der Waals surface area contributed by atoms with Gasteiger partial charge in [-0.25, -0.2) is 4.39 Å². The van der Waals surface area contributed by atoms with Crippen molar-refractivity contribution in [2.24, 2.45) is 0 Å². The number of rotatable bonds is 5. The fraction of sp³-hybridized carbons (Fsp3) is 0.150. The lowest BCUT2D eigenvalue weighted by atomic mass is 10.1. The van der Waals surface area contributed by atoms with E-state index in [1.807, 2.05) is 19.1 Å². The molecule has 27 heavy (non-hydrogen) atoms. The minimum Gasteiger partial charge on any atom is -0.325 e. The Hall–Kier alpha value is -2.93. The number of anilines is 1. The monoisotopic (exact) mass is 384 g/mol. The van der Waals surface area contributed by atoms with Crippen LogP contribution in [0.25, 0.3) is 6.08 Å². The van der Waals surface area contributed by atoms with Crippen LogP contribution in [-0.2, 0) is 16.0 Å². The average molecular weight is 384 g/mol. The maximum atomic E-state index is 13.7. The normalized spacial score (nSPS) is 15.5. The highest BCUT2D eigenvalue weighted by Gasteiger charge is 2.36. The third-order valence-electron chi connectivity index (χ3n) is 4.01.